The molecule has 2 aromatic heterocycles. The van der Waals surface area contributed by atoms with E-state index in [0.717, 1.165) is 19.9 Å². The highest BCUT2D eigenvalue weighted by Crippen LogP contribution is 2.34. The molecule has 0 saturated carbocycles. The first kappa shape index (κ1) is 9.08. The summed E-state index contributed by atoms with van der Waals surface area (Å²) in [5, 5.41) is 12.3. The van der Waals surface area contributed by atoms with Gasteiger partial charge in [0.2, 0.25) is 0 Å². The largest absolute Gasteiger partial charge is 0.324 e. The molecule has 3 nitrogen and oxygen atoms in total. The van der Waals surface area contributed by atoms with Crippen LogP contribution in [0.2, 0.25) is 5.02 Å². The van der Waals surface area contributed by atoms with Gasteiger partial charge in [-0.1, -0.05) is 22.9 Å². The highest BCUT2D eigenvalue weighted by molar-refractivity contribution is 7.21. The SMILES string of the molecule is NCc1nnc(-c2sccc2Cl)s1. The minimum Gasteiger partial charge on any atom is -0.324 e. The predicted octanol–water partition coefficient (Wildman–Crippen LogP) is 2.38. The molecule has 2 aromatic rings. The van der Waals surface area contributed by atoms with Crippen LogP contribution in [-0.2, 0) is 6.54 Å². The van der Waals surface area contributed by atoms with Crippen LogP contribution in [-0.4, -0.2) is 10.2 Å². The Morgan fingerprint density at radius 1 is 1.46 bits per heavy atom. The van der Waals surface area contributed by atoms with Gasteiger partial charge >= 0.3 is 0 Å². The lowest BCUT2D eigenvalue weighted by Gasteiger charge is -1.87. The molecule has 0 radical (unpaired) electrons. The van der Waals surface area contributed by atoms with E-state index in [1.165, 1.54) is 11.3 Å². The smallest absolute Gasteiger partial charge is 0.159 e. The van der Waals surface area contributed by atoms with E-state index in [2.05, 4.69) is 10.2 Å². The van der Waals surface area contributed by atoms with Gasteiger partial charge in [0.1, 0.15) is 5.01 Å². The number of nitrogens with zero attached hydrogens (tertiary/aromatic N) is 2. The van der Waals surface area contributed by atoms with Crippen molar-refractivity contribution in [2.75, 3.05) is 0 Å². The Balaban J connectivity index is 2.41. The van der Waals surface area contributed by atoms with E-state index < -0.39 is 0 Å². The molecule has 0 saturated heterocycles. The van der Waals surface area contributed by atoms with Crippen LogP contribution in [0.15, 0.2) is 11.4 Å². The van der Waals surface area contributed by atoms with Gasteiger partial charge in [-0.15, -0.1) is 21.5 Å². The molecule has 2 heterocycles. The highest BCUT2D eigenvalue weighted by atomic mass is 35.5. The van der Waals surface area contributed by atoms with Gasteiger partial charge in [-0.3, -0.25) is 0 Å². The summed E-state index contributed by atoms with van der Waals surface area (Å²) in [5.74, 6) is 0. The van der Waals surface area contributed by atoms with Crippen molar-refractivity contribution in [3.8, 4) is 9.88 Å². The molecule has 2 rings (SSSR count). The van der Waals surface area contributed by atoms with Gasteiger partial charge in [-0.05, 0) is 11.4 Å². The van der Waals surface area contributed by atoms with E-state index in [1.807, 2.05) is 11.4 Å². The molecular weight excluding hydrogens is 226 g/mol. The molecule has 13 heavy (non-hydrogen) atoms. The first-order valence-electron chi connectivity index (χ1n) is 3.57. The predicted molar refractivity (Wildman–Crippen MR) is 56.1 cm³/mol. The number of nitrogens with two attached hydrogens (primary N) is 1. The van der Waals surface area contributed by atoms with Crippen molar-refractivity contribution >= 4 is 34.3 Å². The zero-order valence-electron chi connectivity index (χ0n) is 6.53. The maximum Gasteiger partial charge on any atom is 0.159 e. The zero-order valence-corrected chi connectivity index (χ0v) is 8.92. The summed E-state index contributed by atoms with van der Waals surface area (Å²) in [5.41, 5.74) is 5.43. The molecule has 0 amide bonds. The van der Waals surface area contributed by atoms with E-state index in [9.17, 15) is 0 Å². The Bertz CT molecular complexity index is 409. The highest BCUT2D eigenvalue weighted by Gasteiger charge is 2.10. The first-order valence-corrected chi connectivity index (χ1v) is 5.64. The normalized spacial score (nSPS) is 10.6. The van der Waals surface area contributed by atoms with Crippen molar-refractivity contribution in [1.82, 2.24) is 10.2 Å². The lowest BCUT2D eigenvalue weighted by atomic mass is 10.5. The average Bonchev–Trinajstić information content (AvgIpc) is 2.71. The van der Waals surface area contributed by atoms with Gasteiger partial charge in [-0.25, -0.2) is 0 Å². The molecule has 6 heteroatoms. The van der Waals surface area contributed by atoms with E-state index >= 15 is 0 Å². The van der Waals surface area contributed by atoms with Crippen molar-refractivity contribution in [3.63, 3.8) is 0 Å². The standard InChI is InChI=1S/C7H6ClN3S2/c8-4-1-2-12-6(4)7-11-10-5(3-9)13-7/h1-2H,3,9H2. The van der Waals surface area contributed by atoms with Crippen LogP contribution in [0.3, 0.4) is 0 Å². The number of rotatable bonds is 2. The van der Waals surface area contributed by atoms with Gasteiger partial charge in [0.05, 0.1) is 9.90 Å². The molecule has 68 valence electrons. The number of aromatic nitrogens is 2. The van der Waals surface area contributed by atoms with Crippen molar-refractivity contribution < 1.29 is 0 Å². The van der Waals surface area contributed by atoms with E-state index in [0.29, 0.717) is 6.54 Å². The van der Waals surface area contributed by atoms with Gasteiger partial charge in [0, 0.05) is 6.54 Å². The van der Waals surface area contributed by atoms with Crippen molar-refractivity contribution in [2.45, 2.75) is 6.54 Å². The van der Waals surface area contributed by atoms with Crippen LogP contribution in [0.5, 0.6) is 0 Å². The van der Waals surface area contributed by atoms with Crippen LogP contribution in [0.4, 0.5) is 0 Å². The Kier molecular flexibility index (Phi) is 2.59. The Hall–Kier alpha value is -0.490. The number of hydrogen-bond acceptors (Lipinski definition) is 5. The summed E-state index contributed by atoms with van der Waals surface area (Å²) in [6.45, 7) is 0.431. The van der Waals surface area contributed by atoms with Gasteiger partial charge in [0.25, 0.3) is 0 Å². The number of thiophene rings is 1. The van der Waals surface area contributed by atoms with E-state index in [-0.39, 0.29) is 0 Å². The molecule has 2 N–H and O–H groups in total. The third-order valence-corrected chi connectivity index (χ3v) is 3.89. The van der Waals surface area contributed by atoms with Crippen molar-refractivity contribution in [2.24, 2.45) is 5.73 Å². The second-order valence-electron chi connectivity index (χ2n) is 2.30. The minimum atomic E-state index is 0.431. The Labute approximate surface area is 88.2 Å². The van der Waals surface area contributed by atoms with Gasteiger partial charge < -0.3 is 5.73 Å². The van der Waals surface area contributed by atoms with Crippen LogP contribution in [0.1, 0.15) is 5.01 Å². The Morgan fingerprint density at radius 3 is 2.85 bits per heavy atom. The molecule has 0 aliphatic heterocycles. The van der Waals surface area contributed by atoms with Gasteiger partial charge in [-0.2, -0.15) is 0 Å². The van der Waals surface area contributed by atoms with E-state index in [4.69, 9.17) is 17.3 Å². The summed E-state index contributed by atoms with van der Waals surface area (Å²) in [6.07, 6.45) is 0. The van der Waals surface area contributed by atoms with Crippen LogP contribution in [0.25, 0.3) is 9.88 Å². The molecule has 0 aliphatic carbocycles. The van der Waals surface area contributed by atoms with Crippen molar-refractivity contribution in [1.29, 1.82) is 0 Å². The lowest BCUT2D eigenvalue weighted by molar-refractivity contribution is 0.961. The van der Waals surface area contributed by atoms with Crippen LogP contribution >= 0.6 is 34.3 Å². The third kappa shape index (κ3) is 1.73. The minimum absolute atomic E-state index is 0.431. The molecule has 0 aromatic carbocycles. The van der Waals surface area contributed by atoms with Gasteiger partial charge in [0.15, 0.2) is 5.01 Å². The monoisotopic (exact) mass is 231 g/mol. The fraction of sp³-hybridized carbons (Fsp3) is 0.143. The van der Waals surface area contributed by atoms with Crippen LogP contribution in [0, 0.1) is 0 Å². The fourth-order valence-electron chi connectivity index (χ4n) is 0.874. The molecule has 0 aliphatic rings. The topological polar surface area (TPSA) is 51.8 Å². The molecule has 0 bridgehead atoms. The average molecular weight is 232 g/mol. The van der Waals surface area contributed by atoms with Crippen LogP contribution < -0.4 is 5.73 Å². The maximum absolute atomic E-state index is 5.94. The summed E-state index contributed by atoms with van der Waals surface area (Å²) < 4.78 is 0. The molecular formula is C7H6ClN3S2. The number of halogens is 1. The first-order chi connectivity index (χ1) is 6.31. The quantitative estimate of drug-likeness (QED) is 0.864. The lowest BCUT2D eigenvalue weighted by Crippen LogP contribution is -1.94. The third-order valence-electron chi connectivity index (χ3n) is 1.45. The second kappa shape index (κ2) is 3.71. The Morgan fingerprint density at radius 2 is 2.31 bits per heavy atom. The van der Waals surface area contributed by atoms with E-state index in [1.54, 1.807) is 11.3 Å². The molecule has 0 atom stereocenters. The molecule has 0 spiro atoms. The number of hydrogen-bond donors (Lipinski definition) is 1. The summed E-state index contributed by atoms with van der Waals surface area (Å²) >= 11 is 8.99. The van der Waals surface area contributed by atoms with Crippen molar-refractivity contribution in [3.05, 3.63) is 21.5 Å². The molecule has 0 unspecified atom stereocenters. The maximum atomic E-state index is 5.94. The summed E-state index contributed by atoms with van der Waals surface area (Å²) in [6, 6.07) is 1.85. The summed E-state index contributed by atoms with van der Waals surface area (Å²) in [4.78, 5) is 0.971. The second-order valence-corrected chi connectivity index (χ2v) is 4.69. The summed E-state index contributed by atoms with van der Waals surface area (Å²) in [7, 11) is 0. The zero-order chi connectivity index (χ0) is 9.26. The molecule has 0 fully saturated rings. The fourth-order valence-corrected chi connectivity index (χ4v) is 2.90.